The fourth-order valence-corrected chi connectivity index (χ4v) is 2.90. The molecule has 2 aromatic carbocycles. The zero-order valence-corrected chi connectivity index (χ0v) is 20.3. The smallest absolute Gasteiger partial charge is 0.375 e. The number of benzene rings is 2. The van der Waals surface area contributed by atoms with E-state index in [1.807, 2.05) is 39.0 Å². The van der Waals surface area contributed by atoms with Crippen molar-refractivity contribution in [2.24, 2.45) is 0 Å². The van der Waals surface area contributed by atoms with Gasteiger partial charge in [0.05, 0.1) is 24.2 Å². The van der Waals surface area contributed by atoms with Crippen molar-refractivity contribution in [2.45, 2.75) is 33.6 Å². The van der Waals surface area contributed by atoms with Gasteiger partial charge in [-0.3, -0.25) is 4.79 Å². The number of nitrogens with zero attached hydrogens (tertiary/aromatic N) is 1. The Morgan fingerprint density at radius 2 is 1.76 bits per heavy atom. The molecule has 3 aromatic rings. The van der Waals surface area contributed by atoms with Crippen molar-refractivity contribution in [1.29, 1.82) is 0 Å². The summed E-state index contributed by atoms with van der Waals surface area (Å²) in [6, 6.07) is 9.11. The summed E-state index contributed by atoms with van der Waals surface area (Å²) in [5.41, 5.74) is 3.21. The van der Waals surface area contributed by atoms with E-state index in [2.05, 4.69) is 9.72 Å². The Morgan fingerprint density at radius 1 is 1.09 bits per heavy atom. The van der Waals surface area contributed by atoms with Gasteiger partial charge in [-0.1, -0.05) is 12.1 Å². The van der Waals surface area contributed by atoms with E-state index >= 15 is 0 Å². The van der Waals surface area contributed by atoms with E-state index in [1.165, 1.54) is 18.3 Å². The predicted molar refractivity (Wildman–Crippen MR) is 127 cm³/mol. The third-order valence-corrected chi connectivity index (χ3v) is 4.77. The summed E-state index contributed by atoms with van der Waals surface area (Å²) in [5, 5.41) is 9.58. The Morgan fingerprint density at radius 3 is 2.35 bits per heavy atom. The van der Waals surface area contributed by atoms with Crippen LogP contribution in [0.25, 0.3) is 0 Å². The number of alkyl halides is 1. The predicted octanol–water partition coefficient (Wildman–Crippen LogP) is 5.18. The normalized spacial score (nSPS) is 10.1. The van der Waals surface area contributed by atoms with Crippen LogP contribution in [-0.4, -0.2) is 42.2 Å². The molecule has 0 spiro atoms. The minimum atomic E-state index is -0.513. The van der Waals surface area contributed by atoms with Gasteiger partial charge >= 0.3 is 5.97 Å². The molecular weight excluding hydrogens is 462 g/mol. The average Bonchev–Trinajstić information content (AvgIpc) is 3.30. The first-order valence-electron chi connectivity index (χ1n) is 10.6. The second kappa shape index (κ2) is 13.3. The maximum absolute atomic E-state index is 11.0. The first-order valence-corrected chi connectivity index (χ1v) is 11.1. The molecule has 1 N–H and O–H groups in total. The molecule has 1 aromatic heterocycles. The first kappa shape index (κ1) is 26.7. The third kappa shape index (κ3) is 7.81. The lowest BCUT2D eigenvalue weighted by Gasteiger charge is -2.13. The number of esters is 1. The zero-order chi connectivity index (χ0) is 25.1. The maximum atomic E-state index is 11.0. The van der Waals surface area contributed by atoms with Crippen LogP contribution in [0.4, 0.5) is 0 Å². The number of aromatic hydroxyl groups is 1. The quantitative estimate of drug-likeness (QED) is 0.189. The second-order valence-corrected chi connectivity index (χ2v) is 7.50. The van der Waals surface area contributed by atoms with Gasteiger partial charge in [0.2, 0.25) is 11.7 Å². The molecule has 1 heterocycles. The molecule has 0 aliphatic rings. The topological polar surface area (TPSA) is 108 Å². The minimum absolute atomic E-state index is 0.0357. The lowest BCUT2D eigenvalue weighted by atomic mass is 10.1. The van der Waals surface area contributed by atoms with Crippen LogP contribution in [0.15, 0.2) is 40.9 Å². The van der Waals surface area contributed by atoms with Crippen LogP contribution in [0.3, 0.4) is 0 Å². The number of oxazole rings is 1. The van der Waals surface area contributed by atoms with Gasteiger partial charge in [0.25, 0.3) is 0 Å². The molecule has 0 saturated carbocycles. The lowest BCUT2D eigenvalue weighted by Crippen LogP contribution is -2.10. The molecule has 0 unspecified atom stereocenters. The Labute approximate surface area is 203 Å². The molecule has 0 saturated heterocycles. The number of aldehydes is 1. The van der Waals surface area contributed by atoms with Crippen molar-refractivity contribution in [2.75, 3.05) is 19.8 Å². The summed E-state index contributed by atoms with van der Waals surface area (Å²) in [4.78, 5) is 25.5. The number of rotatable bonds is 9. The average molecular weight is 490 g/mol. The highest BCUT2D eigenvalue weighted by atomic mass is 35.5. The number of aromatic nitrogens is 1. The summed E-state index contributed by atoms with van der Waals surface area (Å²) < 4.78 is 20.9. The van der Waals surface area contributed by atoms with Crippen LogP contribution >= 0.6 is 11.6 Å². The number of carbonyl (C=O) groups is 2. The van der Waals surface area contributed by atoms with Crippen LogP contribution in [0.1, 0.15) is 50.4 Å². The Kier molecular flexibility index (Phi) is 10.4. The van der Waals surface area contributed by atoms with Gasteiger partial charge in [0, 0.05) is 0 Å². The number of halogens is 1. The van der Waals surface area contributed by atoms with E-state index in [9.17, 15) is 14.7 Å². The molecule has 34 heavy (non-hydrogen) atoms. The second-order valence-electron chi connectivity index (χ2n) is 7.23. The van der Waals surface area contributed by atoms with Gasteiger partial charge in [-0.25, -0.2) is 9.78 Å². The number of ether oxygens (including phenoxy) is 3. The van der Waals surface area contributed by atoms with E-state index in [4.69, 9.17) is 25.5 Å². The summed E-state index contributed by atoms with van der Waals surface area (Å²) in [6.45, 7) is 8.62. The number of phenols is 1. The lowest BCUT2D eigenvalue weighted by molar-refractivity contribution is 0.0488. The van der Waals surface area contributed by atoms with Crippen LogP contribution in [0.5, 0.6) is 17.2 Å². The molecule has 0 aliphatic carbocycles. The Hall–Kier alpha value is -3.52. The standard InChI is InChI=1S/C18H20O4.C7H8ClNO3/c1-12-4-5-13(2)17(8-12)21-6-7-22-18-10-15(11-19)16(20)9-14(18)3;1-2-11-7(10)5-4-9-6(3-8)12-5/h4-5,8-11,20H,6-7H2,1-3H3;4H,2-3H2,1H3. The van der Waals surface area contributed by atoms with Crippen molar-refractivity contribution in [3.05, 3.63) is 70.4 Å². The zero-order valence-electron chi connectivity index (χ0n) is 19.6. The van der Waals surface area contributed by atoms with Crippen molar-refractivity contribution in [1.82, 2.24) is 4.98 Å². The van der Waals surface area contributed by atoms with E-state index in [0.29, 0.717) is 37.7 Å². The van der Waals surface area contributed by atoms with Crippen LogP contribution in [0, 0.1) is 20.8 Å². The van der Waals surface area contributed by atoms with Gasteiger partial charge in [-0.2, -0.15) is 0 Å². The van der Waals surface area contributed by atoms with Crippen LogP contribution in [0.2, 0.25) is 0 Å². The highest BCUT2D eigenvalue weighted by Crippen LogP contribution is 2.26. The van der Waals surface area contributed by atoms with E-state index < -0.39 is 5.97 Å². The van der Waals surface area contributed by atoms with Crippen LogP contribution < -0.4 is 9.47 Å². The number of phenolic OH excluding ortho intramolecular Hbond substituents is 1. The van der Waals surface area contributed by atoms with Crippen molar-refractivity contribution >= 4 is 23.9 Å². The number of carbonyl (C=O) groups excluding carboxylic acids is 2. The van der Waals surface area contributed by atoms with Crippen molar-refractivity contribution < 1.29 is 33.3 Å². The van der Waals surface area contributed by atoms with E-state index in [0.717, 1.165) is 22.4 Å². The largest absolute Gasteiger partial charge is 0.507 e. The minimum Gasteiger partial charge on any atom is -0.507 e. The Bertz CT molecular complexity index is 1110. The van der Waals surface area contributed by atoms with Crippen LogP contribution in [-0.2, 0) is 10.6 Å². The summed E-state index contributed by atoms with van der Waals surface area (Å²) in [6.07, 6.45) is 1.91. The number of hydrogen-bond acceptors (Lipinski definition) is 8. The van der Waals surface area contributed by atoms with Gasteiger partial charge in [-0.15, -0.1) is 11.6 Å². The van der Waals surface area contributed by atoms with Gasteiger partial charge in [0.15, 0.2) is 6.29 Å². The Balaban J connectivity index is 0.000000287. The van der Waals surface area contributed by atoms with Crippen molar-refractivity contribution in [3.8, 4) is 17.2 Å². The first-order chi connectivity index (χ1) is 16.3. The molecule has 0 bridgehead atoms. The molecule has 8 nitrogen and oxygen atoms in total. The number of hydrogen-bond donors (Lipinski definition) is 1. The third-order valence-electron chi connectivity index (χ3n) is 4.54. The number of aryl methyl sites for hydroxylation is 3. The molecule has 0 atom stereocenters. The molecule has 182 valence electrons. The van der Waals surface area contributed by atoms with Crippen molar-refractivity contribution in [3.63, 3.8) is 0 Å². The van der Waals surface area contributed by atoms with Gasteiger partial charge < -0.3 is 23.7 Å². The molecular formula is C25H28ClNO7. The summed E-state index contributed by atoms with van der Waals surface area (Å²) in [5.74, 6) is 1.43. The van der Waals surface area contributed by atoms with E-state index in [1.54, 1.807) is 6.92 Å². The SMILES string of the molecule is CCOC(=O)c1cnc(CCl)o1.Cc1ccc(C)c(OCCOc2cc(C=O)c(O)cc2C)c1. The fourth-order valence-electron chi connectivity index (χ4n) is 2.77. The fraction of sp³-hybridized carbons (Fsp3) is 0.320. The summed E-state index contributed by atoms with van der Waals surface area (Å²) >= 11 is 5.41. The molecule has 3 rings (SSSR count). The van der Waals surface area contributed by atoms with Gasteiger partial charge in [0.1, 0.15) is 30.5 Å². The summed E-state index contributed by atoms with van der Waals surface area (Å²) in [7, 11) is 0. The monoisotopic (exact) mass is 489 g/mol. The van der Waals surface area contributed by atoms with E-state index in [-0.39, 0.29) is 23.0 Å². The molecule has 0 aliphatic heterocycles. The highest BCUT2D eigenvalue weighted by Gasteiger charge is 2.12. The maximum Gasteiger partial charge on any atom is 0.375 e. The molecule has 0 amide bonds. The molecule has 0 radical (unpaired) electrons. The molecule has 0 fully saturated rings. The van der Waals surface area contributed by atoms with Gasteiger partial charge in [-0.05, 0) is 62.6 Å². The molecule has 9 heteroatoms. The highest BCUT2D eigenvalue weighted by molar-refractivity contribution is 6.16.